The molecule has 1 aromatic rings. The molecule has 1 aliphatic rings. The average Bonchev–Trinajstić information content (AvgIpc) is 2.55. The Labute approximate surface area is 148 Å². The van der Waals surface area contributed by atoms with Crippen molar-refractivity contribution in [2.45, 2.75) is 17.7 Å². The van der Waals surface area contributed by atoms with E-state index in [0.29, 0.717) is 18.7 Å². The van der Waals surface area contributed by atoms with Crippen LogP contribution in [0.2, 0.25) is 5.02 Å². The SMILES string of the molecule is CN(CC1CCCN(CCO)C1)S(=O)(=O)c1ccc(C#N)cc1Cl. The molecule has 24 heavy (non-hydrogen) atoms. The van der Waals surface area contributed by atoms with Crippen LogP contribution in [0, 0.1) is 17.2 Å². The van der Waals surface area contributed by atoms with Crippen molar-refractivity contribution in [2.24, 2.45) is 5.92 Å². The van der Waals surface area contributed by atoms with E-state index in [-0.39, 0.29) is 22.4 Å². The van der Waals surface area contributed by atoms with Crippen LogP contribution in [0.25, 0.3) is 0 Å². The number of nitrogens with zero attached hydrogens (tertiary/aromatic N) is 3. The van der Waals surface area contributed by atoms with Gasteiger partial charge in [-0.15, -0.1) is 0 Å². The third-order valence-corrected chi connectivity index (χ3v) is 6.59. The Morgan fingerprint density at radius 2 is 2.25 bits per heavy atom. The van der Waals surface area contributed by atoms with Crippen molar-refractivity contribution in [1.82, 2.24) is 9.21 Å². The summed E-state index contributed by atoms with van der Waals surface area (Å²) < 4.78 is 26.8. The zero-order valence-corrected chi connectivity index (χ0v) is 15.2. The quantitative estimate of drug-likeness (QED) is 0.819. The summed E-state index contributed by atoms with van der Waals surface area (Å²) in [7, 11) is -2.15. The van der Waals surface area contributed by atoms with Crippen LogP contribution in [0.1, 0.15) is 18.4 Å². The summed E-state index contributed by atoms with van der Waals surface area (Å²) in [4.78, 5) is 2.18. The first-order valence-electron chi connectivity index (χ1n) is 7.87. The molecule has 1 atom stereocenters. The van der Waals surface area contributed by atoms with Gasteiger partial charge in [-0.1, -0.05) is 11.6 Å². The molecule has 1 N–H and O–H groups in total. The van der Waals surface area contributed by atoms with Crippen LogP contribution >= 0.6 is 11.6 Å². The summed E-state index contributed by atoms with van der Waals surface area (Å²) in [6.45, 7) is 2.85. The Balaban J connectivity index is 2.10. The number of aliphatic hydroxyl groups excluding tert-OH is 1. The summed E-state index contributed by atoms with van der Waals surface area (Å²) in [5.74, 6) is 0.224. The Morgan fingerprint density at radius 1 is 1.50 bits per heavy atom. The van der Waals surface area contributed by atoms with Gasteiger partial charge in [0, 0.05) is 26.7 Å². The number of hydrogen-bond acceptors (Lipinski definition) is 5. The Morgan fingerprint density at radius 3 is 2.88 bits per heavy atom. The molecular formula is C16H22ClN3O3S. The van der Waals surface area contributed by atoms with Gasteiger partial charge in [-0.05, 0) is 43.5 Å². The maximum Gasteiger partial charge on any atom is 0.244 e. The first-order chi connectivity index (χ1) is 11.4. The highest BCUT2D eigenvalue weighted by Crippen LogP contribution is 2.26. The van der Waals surface area contributed by atoms with Gasteiger partial charge in [0.25, 0.3) is 0 Å². The molecular weight excluding hydrogens is 350 g/mol. The van der Waals surface area contributed by atoms with E-state index in [1.54, 1.807) is 7.05 Å². The number of β-amino-alcohol motifs (C(OH)–C–C–N with tert-alkyl or cyclic N) is 1. The van der Waals surface area contributed by atoms with E-state index in [2.05, 4.69) is 4.90 Å². The van der Waals surface area contributed by atoms with Gasteiger partial charge in [0.15, 0.2) is 0 Å². The average molecular weight is 372 g/mol. The van der Waals surface area contributed by atoms with Gasteiger partial charge in [-0.25, -0.2) is 12.7 Å². The predicted octanol–water partition coefficient (Wildman–Crippen LogP) is 1.54. The topological polar surface area (TPSA) is 84.6 Å². The molecule has 132 valence electrons. The van der Waals surface area contributed by atoms with Crippen LogP contribution in [0.15, 0.2) is 23.1 Å². The zero-order valence-electron chi connectivity index (χ0n) is 13.7. The molecule has 0 amide bonds. The number of rotatable bonds is 6. The molecule has 1 heterocycles. The van der Waals surface area contributed by atoms with Gasteiger partial charge in [0.1, 0.15) is 4.90 Å². The fourth-order valence-corrected chi connectivity index (χ4v) is 4.82. The summed E-state index contributed by atoms with van der Waals surface area (Å²) in [6, 6.07) is 6.14. The Bertz CT molecular complexity index is 716. The second kappa shape index (κ2) is 8.28. The minimum Gasteiger partial charge on any atom is -0.395 e. The van der Waals surface area contributed by atoms with Crippen molar-refractivity contribution in [2.75, 3.05) is 39.8 Å². The third kappa shape index (κ3) is 4.47. The summed E-state index contributed by atoms with van der Waals surface area (Å²) in [6.07, 6.45) is 1.96. The van der Waals surface area contributed by atoms with Crippen molar-refractivity contribution in [3.05, 3.63) is 28.8 Å². The lowest BCUT2D eigenvalue weighted by atomic mass is 9.98. The van der Waals surface area contributed by atoms with E-state index >= 15 is 0 Å². The van der Waals surface area contributed by atoms with Crippen LogP contribution < -0.4 is 0 Å². The number of likely N-dealkylation sites (tertiary alicyclic amines) is 1. The van der Waals surface area contributed by atoms with Crippen molar-refractivity contribution < 1.29 is 13.5 Å². The number of nitriles is 1. The molecule has 1 unspecified atom stereocenters. The minimum absolute atomic E-state index is 0.0219. The first-order valence-corrected chi connectivity index (χ1v) is 9.69. The smallest absolute Gasteiger partial charge is 0.244 e. The number of halogens is 1. The fourth-order valence-electron chi connectivity index (χ4n) is 3.05. The lowest BCUT2D eigenvalue weighted by molar-refractivity contribution is 0.132. The van der Waals surface area contributed by atoms with Gasteiger partial charge < -0.3 is 10.0 Å². The van der Waals surface area contributed by atoms with Crippen molar-refractivity contribution >= 4 is 21.6 Å². The largest absolute Gasteiger partial charge is 0.395 e. The maximum absolute atomic E-state index is 12.7. The zero-order chi connectivity index (χ0) is 17.7. The normalized spacial score (nSPS) is 19.4. The van der Waals surface area contributed by atoms with Gasteiger partial charge in [-0.3, -0.25) is 0 Å². The molecule has 8 heteroatoms. The molecule has 1 saturated heterocycles. The van der Waals surface area contributed by atoms with Crippen molar-refractivity contribution in [1.29, 1.82) is 5.26 Å². The predicted molar refractivity (Wildman–Crippen MR) is 92.2 cm³/mol. The lowest BCUT2D eigenvalue weighted by Gasteiger charge is -2.34. The molecule has 0 aromatic heterocycles. The second-order valence-electron chi connectivity index (χ2n) is 6.08. The van der Waals surface area contributed by atoms with Gasteiger partial charge in [-0.2, -0.15) is 5.26 Å². The highest BCUT2D eigenvalue weighted by atomic mass is 35.5. The molecule has 0 saturated carbocycles. The molecule has 1 aliphatic heterocycles. The summed E-state index contributed by atoms with van der Waals surface area (Å²) in [5, 5.41) is 18.0. The highest BCUT2D eigenvalue weighted by Gasteiger charge is 2.28. The number of benzene rings is 1. The molecule has 0 spiro atoms. The number of piperidine rings is 1. The van der Waals surface area contributed by atoms with E-state index in [1.165, 1.54) is 22.5 Å². The molecule has 0 aliphatic carbocycles. The van der Waals surface area contributed by atoms with Crippen LogP contribution in [-0.4, -0.2) is 62.6 Å². The third-order valence-electron chi connectivity index (χ3n) is 4.28. The van der Waals surface area contributed by atoms with Gasteiger partial charge in [0.05, 0.1) is 23.3 Å². The van der Waals surface area contributed by atoms with E-state index < -0.39 is 10.0 Å². The van der Waals surface area contributed by atoms with Gasteiger partial charge in [0.2, 0.25) is 10.0 Å². The standard InChI is InChI=1S/C16H22ClN3O3S/c1-19(11-14-3-2-6-20(12-14)7-8-21)24(22,23)16-5-4-13(10-18)9-15(16)17/h4-5,9,14,21H,2-3,6-8,11-12H2,1H3. The van der Waals surface area contributed by atoms with E-state index in [1.807, 2.05) is 6.07 Å². The minimum atomic E-state index is -3.70. The van der Waals surface area contributed by atoms with E-state index in [0.717, 1.165) is 25.9 Å². The summed E-state index contributed by atoms with van der Waals surface area (Å²) >= 11 is 6.05. The molecule has 2 rings (SSSR count). The lowest BCUT2D eigenvalue weighted by Crippen LogP contribution is -2.42. The number of hydrogen-bond donors (Lipinski definition) is 1. The molecule has 1 fully saturated rings. The molecule has 1 aromatic carbocycles. The Hall–Kier alpha value is -1.17. The molecule has 6 nitrogen and oxygen atoms in total. The molecule has 0 radical (unpaired) electrons. The van der Waals surface area contributed by atoms with E-state index in [9.17, 15) is 8.42 Å². The Kier molecular flexibility index (Phi) is 6.61. The first kappa shape index (κ1) is 19.2. The summed E-state index contributed by atoms with van der Waals surface area (Å²) in [5.41, 5.74) is 0.327. The number of sulfonamides is 1. The van der Waals surface area contributed by atoms with E-state index in [4.69, 9.17) is 22.0 Å². The second-order valence-corrected chi connectivity index (χ2v) is 8.50. The van der Waals surface area contributed by atoms with Crippen LogP contribution in [0.3, 0.4) is 0 Å². The number of aliphatic hydroxyl groups is 1. The van der Waals surface area contributed by atoms with Crippen LogP contribution in [-0.2, 0) is 10.0 Å². The van der Waals surface area contributed by atoms with Crippen LogP contribution in [0.4, 0.5) is 0 Å². The monoisotopic (exact) mass is 371 g/mol. The van der Waals surface area contributed by atoms with Crippen molar-refractivity contribution in [3.63, 3.8) is 0 Å². The van der Waals surface area contributed by atoms with Gasteiger partial charge >= 0.3 is 0 Å². The van der Waals surface area contributed by atoms with Crippen molar-refractivity contribution in [3.8, 4) is 6.07 Å². The molecule has 0 bridgehead atoms. The maximum atomic E-state index is 12.7. The highest BCUT2D eigenvalue weighted by molar-refractivity contribution is 7.89. The van der Waals surface area contributed by atoms with Crippen LogP contribution in [0.5, 0.6) is 0 Å². The fraction of sp³-hybridized carbons (Fsp3) is 0.562.